The van der Waals surface area contributed by atoms with Crippen LogP contribution in [0.5, 0.6) is 0 Å². The lowest BCUT2D eigenvalue weighted by Gasteiger charge is -2.27. The summed E-state index contributed by atoms with van der Waals surface area (Å²) in [6, 6.07) is 2.08. The minimum absolute atomic E-state index is 0.0641. The molecule has 0 spiro atoms. The summed E-state index contributed by atoms with van der Waals surface area (Å²) in [7, 11) is -3.59. The van der Waals surface area contributed by atoms with Gasteiger partial charge in [0.1, 0.15) is 4.90 Å². The summed E-state index contributed by atoms with van der Waals surface area (Å²) in [6.45, 7) is 6.07. The third-order valence-electron chi connectivity index (χ3n) is 3.92. The number of nitriles is 1. The number of sulfonamides is 1. The molecule has 0 aliphatic heterocycles. The van der Waals surface area contributed by atoms with Gasteiger partial charge in [-0.15, -0.1) is 0 Å². The van der Waals surface area contributed by atoms with Crippen LogP contribution >= 0.6 is 0 Å². The number of aromatic nitrogens is 2. The van der Waals surface area contributed by atoms with E-state index in [0.29, 0.717) is 5.92 Å². The van der Waals surface area contributed by atoms with Crippen molar-refractivity contribution in [1.29, 1.82) is 5.26 Å². The minimum atomic E-state index is -3.59. The molecule has 1 aromatic heterocycles. The lowest BCUT2D eigenvalue weighted by molar-refractivity contribution is 0.314. The number of nitrogens with zero attached hydrogens (tertiary/aromatic N) is 4. The van der Waals surface area contributed by atoms with Gasteiger partial charge in [0.2, 0.25) is 10.0 Å². The van der Waals surface area contributed by atoms with Gasteiger partial charge in [-0.1, -0.05) is 0 Å². The summed E-state index contributed by atoms with van der Waals surface area (Å²) in [5.74, 6) is 0.415. The standard InChI is InChI=1S/C14H22N4O2S/c1-11(2)17-10-14(9-16-17)21(19,20)18(8-4-7-15)12(3)13-5-6-13/h9-13H,4-6,8H2,1-3H3. The Hall–Kier alpha value is -1.39. The van der Waals surface area contributed by atoms with Crippen LogP contribution in [0.1, 0.15) is 46.1 Å². The third-order valence-corrected chi connectivity index (χ3v) is 5.86. The molecule has 1 heterocycles. The summed E-state index contributed by atoms with van der Waals surface area (Å²) >= 11 is 0. The second-order valence-electron chi connectivity index (χ2n) is 5.85. The topological polar surface area (TPSA) is 79.0 Å². The van der Waals surface area contributed by atoms with Gasteiger partial charge in [-0.25, -0.2) is 8.42 Å². The first-order chi connectivity index (χ1) is 9.87. The van der Waals surface area contributed by atoms with Crippen LogP contribution in [0.25, 0.3) is 0 Å². The predicted molar refractivity (Wildman–Crippen MR) is 78.9 cm³/mol. The van der Waals surface area contributed by atoms with Crippen LogP contribution in [0.3, 0.4) is 0 Å². The Morgan fingerprint density at radius 2 is 2.14 bits per heavy atom. The molecule has 1 unspecified atom stereocenters. The zero-order valence-electron chi connectivity index (χ0n) is 12.7. The molecular weight excluding hydrogens is 288 g/mol. The third kappa shape index (κ3) is 3.44. The van der Waals surface area contributed by atoms with Gasteiger partial charge in [-0.05, 0) is 39.5 Å². The van der Waals surface area contributed by atoms with Crippen LogP contribution in [-0.4, -0.2) is 35.1 Å². The molecule has 1 fully saturated rings. The van der Waals surface area contributed by atoms with Gasteiger partial charge < -0.3 is 0 Å². The van der Waals surface area contributed by atoms with E-state index in [4.69, 9.17) is 5.26 Å². The highest BCUT2D eigenvalue weighted by molar-refractivity contribution is 7.89. The van der Waals surface area contributed by atoms with Crippen LogP contribution in [0, 0.1) is 17.2 Å². The second kappa shape index (κ2) is 6.16. The molecule has 0 radical (unpaired) electrons. The van der Waals surface area contributed by atoms with Gasteiger partial charge in [0, 0.05) is 31.2 Å². The second-order valence-corrected chi connectivity index (χ2v) is 7.74. The van der Waals surface area contributed by atoms with Crippen molar-refractivity contribution in [3.63, 3.8) is 0 Å². The molecule has 1 atom stereocenters. The molecule has 1 aromatic rings. The molecule has 0 bridgehead atoms. The van der Waals surface area contributed by atoms with E-state index in [9.17, 15) is 8.42 Å². The smallest absolute Gasteiger partial charge is 0.246 e. The molecule has 0 N–H and O–H groups in total. The number of rotatable bonds is 7. The highest BCUT2D eigenvalue weighted by Gasteiger charge is 2.38. The zero-order chi connectivity index (χ0) is 15.6. The minimum Gasteiger partial charge on any atom is -0.269 e. The van der Waals surface area contributed by atoms with E-state index in [1.807, 2.05) is 26.8 Å². The van der Waals surface area contributed by atoms with Crippen molar-refractivity contribution in [2.45, 2.75) is 57.0 Å². The summed E-state index contributed by atoms with van der Waals surface area (Å²) in [5, 5.41) is 12.9. The molecule has 21 heavy (non-hydrogen) atoms. The molecule has 0 aromatic carbocycles. The highest BCUT2D eigenvalue weighted by Crippen LogP contribution is 2.37. The maximum Gasteiger partial charge on any atom is 0.246 e. The van der Waals surface area contributed by atoms with Crippen molar-refractivity contribution in [2.75, 3.05) is 6.54 Å². The van der Waals surface area contributed by atoms with Crippen LogP contribution in [0.4, 0.5) is 0 Å². The average molecular weight is 310 g/mol. The van der Waals surface area contributed by atoms with E-state index >= 15 is 0 Å². The summed E-state index contributed by atoms with van der Waals surface area (Å²) in [6.07, 6.45) is 5.29. The Morgan fingerprint density at radius 3 is 2.62 bits per heavy atom. The Morgan fingerprint density at radius 1 is 1.48 bits per heavy atom. The number of hydrogen-bond donors (Lipinski definition) is 0. The fourth-order valence-electron chi connectivity index (χ4n) is 2.39. The van der Waals surface area contributed by atoms with Crippen molar-refractivity contribution in [1.82, 2.24) is 14.1 Å². The largest absolute Gasteiger partial charge is 0.269 e. The van der Waals surface area contributed by atoms with E-state index in [1.165, 1.54) is 10.5 Å². The average Bonchev–Trinajstić information content (AvgIpc) is 3.14. The van der Waals surface area contributed by atoms with Crippen molar-refractivity contribution in [3.05, 3.63) is 12.4 Å². The van der Waals surface area contributed by atoms with Gasteiger partial charge in [0.05, 0.1) is 12.3 Å². The van der Waals surface area contributed by atoms with Gasteiger partial charge in [-0.3, -0.25) is 4.68 Å². The van der Waals surface area contributed by atoms with Crippen LogP contribution in [0.15, 0.2) is 17.3 Å². The maximum atomic E-state index is 12.8. The Labute approximate surface area is 126 Å². The molecule has 2 rings (SSSR count). The van der Waals surface area contributed by atoms with Gasteiger partial charge in [-0.2, -0.15) is 14.7 Å². The lowest BCUT2D eigenvalue weighted by atomic mass is 10.2. The van der Waals surface area contributed by atoms with Gasteiger partial charge >= 0.3 is 0 Å². The molecule has 1 saturated carbocycles. The summed E-state index contributed by atoms with van der Waals surface area (Å²) < 4.78 is 28.7. The Kier molecular flexibility index (Phi) is 4.69. The van der Waals surface area contributed by atoms with E-state index in [1.54, 1.807) is 10.9 Å². The van der Waals surface area contributed by atoms with E-state index < -0.39 is 10.0 Å². The van der Waals surface area contributed by atoms with E-state index in [-0.39, 0.29) is 29.9 Å². The molecule has 0 amide bonds. The quantitative estimate of drug-likeness (QED) is 0.773. The molecule has 7 heteroatoms. The molecule has 0 saturated heterocycles. The fraction of sp³-hybridized carbons (Fsp3) is 0.714. The van der Waals surface area contributed by atoms with Crippen molar-refractivity contribution in [3.8, 4) is 6.07 Å². The van der Waals surface area contributed by atoms with Crippen molar-refractivity contribution >= 4 is 10.0 Å². The molecule has 1 aliphatic carbocycles. The van der Waals surface area contributed by atoms with E-state index in [0.717, 1.165) is 12.8 Å². The van der Waals surface area contributed by atoms with Crippen molar-refractivity contribution < 1.29 is 8.42 Å². The highest BCUT2D eigenvalue weighted by atomic mass is 32.2. The van der Waals surface area contributed by atoms with E-state index in [2.05, 4.69) is 5.10 Å². The molecular formula is C14H22N4O2S. The summed E-state index contributed by atoms with van der Waals surface area (Å²) in [4.78, 5) is 0.210. The van der Waals surface area contributed by atoms with Gasteiger partial charge in [0.15, 0.2) is 0 Å². The normalized spacial score (nSPS) is 17.1. The molecule has 6 nitrogen and oxygen atoms in total. The van der Waals surface area contributed by atoms with Crippen molar-refractivity contribution in [2.24, 2.45) is 5.92 Å². The van der Waals surface area contributed by atoms with Crippen LogP contribution in [0.2, 0.25) is 0 Å². The van der Waals surface area contributed by atoms with Gasteiger partial charge in [0.25, 0.3) is 0 Å². The SMILES string of the molecule is CC(C1CC1)N(CCC#N)S(=O)(=O)c1cnn(C(C)C)c1. The fourth-order valence-corrected chi connectivity index (χ4v) is 4.02. The lowest BCUT2D eigenvalue weighted by Crippen LogP contribution is -2.40. The van der Waals surface area contributed by atoms with Crippen LogP contribution in [-0.2, 0) is 10.0 Å². The Bertz CT molecular complexity index is 626. The van der Waals surface area contributed by atoms with Crippen LogP contribution < -0.4 is 0 Å². The molecule has 116 valence electrons. The number of hydrogen-bond acceptors (Lipinski definition) is 4. The summed E-state index contributed by atoms with van der Waals surface area (Å²) in [5.41, 5.74) is 0. The first kappa shape index (κ1) is 16.0. The predicted octanol–water partition coefficient (Wildman–Crippen LogP) is 2.17. The maximum absolute atomic E-state index is 12.8. The Balaban J connectivity index is 2.28. The first-order valence-corrected chi connectivity index (χ1v) is 8.75. The molecule has 1 aliphatic rings. The zero-order valence-corrected chi connectivity index (χ0v) is 13.5. The monoisotopic (exact) mass is 310 g/mol. The first-order valence-electron chi connectivity index (χ1n) is 7.31.